The molecule has 0 spiro atoms. The summed E-state index contributed by atoms with van der Waals surface area (Å²) in [5, 5.41) is 13.6. The van der Waals surface area contributed by atoms with E-state index in [4.69, 9.17) is 4.52 Å². The second-order valence-corrected chi connectivity index (χ2v) is 5.25. The number of aromatic nitrogens is 5. The maximum Gasteiger partial charge on any atom is 0.294 e. The van der Waals surface area contributed by atoms with E-state index >= 15 is 0 Å². The molecule has 0 fully saturated rings. The van der Waals surface area contributed by atoms with Gasteiger partial charge in [0.2, 0.25) is 5.76 Å². The number of hydrogen-bond acceptors (Lipinski definition) is 7. The summed E-state index contributed by atoms with van der Waals surface area (Å²) >= 11 is 0. The molecule has 0 aliphatic carbocycles. The zero-order valence-electron chi connectivity index (χ0n) is 13.4. The number of nitrogens with zero attached hydrogens (tertiary/aromatic N) is 5. The molecule has 4 aromatic rings. The van der Waals surface area contributed by atoms with Crippen LogP contribution in [0.15, 0.2) is 71.9 Å². The highest BCUT2D eigenvalue weighted by atomic mass is 16.5. The van der Waals surface area contributed by atoms with Gasteiger partial charge >= 0.3 is 0 Å². The molecule has 26 heavy (non-hydrogen) atoms. The highest BCUT2D eigenvalue weighted by molar-refractivity contribution is 6.02. The summed E-state index contributed by atoms with van der Waals surface area (Å²) in [5.41, 5.74) is 1.45. The van der Waals surface area contributed by atoms with E-state index in [1.807, 2.05) is 18.2 Å². The van der Waals surface area contributed by atoms with Crippen molar-refractivity contribution in [2.45, 2.75) is 0 Å². The van der Waals surface area contributed by atoms with Gasteiger partial charge in [-0.25, -0.2) is 14.6 Å². The normalized spacial score (nSPS) is 10.5. The zero-order chi connectivity index (χ0) is 17.8. The van der Waals surface area contributed by atoms with Gasteiger partial charge in [-0.1, -0.05) is 5.16 Å². The van der Waals surface area contributed by atoms with Crippen LogP contribution in [0.5, 0.6) is 0 Å². The number of carbonyl (C=O) groups excluding carboxylic acids is 1. The lowest BCUT2D eigenvalue weighted by atomic mass is 10.2. The quantitative estimate of drug-likeness (QED) is 0.571. The lowest BCUT2D eigenvalue weighted by Crippen LogP contribution is -2.10. The molecule has 3 heterocycles. The van der Waals surface area contributed by atoms with Crippen molar-refractivity contribution >= 4 is 23.1 Å². The van der Waals surface area contributed by atoms with Gasteiger partial charge in [0.25, 0.3) is 5.91 Å². The molecule has 4 rings (SSSR count). The first-order chi connectivity index (χ1) is 12.8. The lowest BCUT2D eigenvalue weighted by Gasteiger charge is -2.08. The van der Waals surface area contributed by atoms with Gasteiger partial charge in [0.1, 0.15) is 12.1 Å². The molecule has 0 aliphatic rings. The van der Waals surface area contributed by atoms with Crippen LogP contribution in [-0.2, 0) is 0 Å². The van der Waals surface area contributed by atoms with E-state index in [2.05, 4.69) is 30.9 Å². The molecular weight excluding hydrogens is 334 g/mol. The molecule has 0 bridgehead atoms. The van der Waals surface area contributed by atoms with Crippen LogP contribution in [0.25, 0.3) is 5.82 Å². The van der Waals surface area contributed by atoms with Crippen LogP contribution in [-0.4, -0.2) is 30.8 Å². The molecule has 9 heteroatoms. The van der Waals surface area contributed by atoms with Gasteiger partial charge in [-0.3, -0.25) is 4.79 Å². The van der Waals surface area contributed by atoms with Crippen LogP contribution in [0.1, 0.15) is 10.6 Å². The molecule has 0 saturated carbocycles. The number of carbonyl (C=O) groups is 1. The molecule has 0 radical (unpaired) electrons. The van der Waals surface area contributed by atoms with Crippen molar-refractivity contribution in [3.05, 3.63) is 73.1 Å². The molecule has 0 unspecified atom stereocenters. The molecule has 1 amide bonds. The van der Waals surface area contributed by atoms with Gasteiger partial charge in [0.05, 0.1) is 6.20 Å². The Labute approximate surface area is 147 Å². The minimum Gasteiger partial charge on any atom is -0.351 e. The van der Waals surface area contributed by atoms with Crippen LogP contribution in [0.2, 0.25) is 0 Å². The Hall–Kier alpha value is -4.01. The summed E-state index contributed by atoms with van der Waals surface area (Å²) in [6, 6.07) is 12.3. The van der Waals surface area contributed by atoms with E-state index in [-0.39, 0.29) is 11.7 Å². The van der Waals surface area contributed by atoms with Gasteiger partial charge in [0, 0.05) is 35.9 Å². The Balaban J connectivity index is 1.44. The van der Waals surface area contributed by atoms with E-state index in [0.29, 0.717) is 17.3 Å². The average Bonchev–Trinajstić information content (AvgIpc) is 3.38. The number of benzene rings is 1. The van der Waals surface area contributed by atoms with Crippen LogP contribution in [0, 0.1) is 0 Å². The minimum absolute atomic E-state index is 0.152. The summed E-state index contributed by atoms with van der Waals surface area (Å²) in [7, 11) is 0. The Morgan fingerprint density at radius 1 is 1.04 bits per heavy atom. The fourth-order valence-electron chi connectivity index (χ4n) is 2.26. The monoisotopic (exact) mass is 347 g/mol. The fraction of sp³-hybridized carbons (Fsp3) is 0. The number of hydrogen-bond donors (Lipinski definition) is 2. The second-order valence-electron chi connectivity index (χ2n) is 5.25. The van der Waals surface area contributed by atoms with Crippen LogP contribution < -0.4 is 10.6 Å². The molecule has 9 nitrogen and oxygen atoms in total. The molecule has 0 atom stereocenters. The highest BCUT2D eigenvalue weighted by Gasteiger charge is 2.09. The first-order valence-electron chi connectivity index (χ1n) is 7.69. The third-order valence-electron chi connectivity index (χ3n) is 3.47. The first kappa shape index (κ1) is 15.5. The lowest BCUT2D eigenvalue weighted by molar-refractivity contribution is 0.0988. The molecule has 0 saturated heterocycles. The number of rotatable bonds is 5. The van der Waals surface area contributed by atoms with Crippen molar-refractivity contribution in [1.82, 2.24) is 24.9 Å². The van der Waals surface area contributed by atoms with Gasteiger partial charge in [-0.2, -0.15) is 5.10 Å². The predicted octanol–water partition coefficient (Wildman–Crippen LogP) is 2.65. The van der Waals surface area contributed by atoms with Crippen molar-refractivity contribution < 1.29 is 9.32 Å². The number of nitrogens with one attached hydrogen (secondary N) is 2. The minimum atomic E-state index is -0.358. The summed E-state index contributed by atoms with van der Waals surface area (Å²) in [4.78, 5) is 20.3. The van der Waals surface area contributed by atoms with E-state index in [9.17, 15) is 4.79 Å². The first-order valence-corrected chi connectivity index (χ1v) is 7.69. The molecule has 0 aliphatic heterocycles. The summed E-state index contributed by atoms with van der Waals surface area (Å²) < 4.78 is 6.46. The maximum absolute atomic E-state index is 11.9. The van der Waals surface area contributed by atoms with E-state index in [1.54, 1.807) is 35.3 Å². The fourth-order valence-corrected chi connectivity index (χ4v) is 2.26. The van der Waals surface area contributed by atoms with Crippen molar-refractivity contribution in [1.29, 1.82) is 0 Å². The topological polar surface area (TPSA) is 111 Å². The molecule has 128 valence electrons. The Morgan fingerprint density at radius 3 is 2.62 bits per heavy atom. The standard InChI is InChI=1S/C17H13N7O2/c25-17(14-6-8-21-26-14)23-13-4-2-12(3-5-13)22-15-10-16(19-11-18-15)24-9-1-7-20-24/h1-11H,(H,23,25)(H,18,19,22). The molecule has 2 N–H and O–H groups in total. The smallest absolute Gasteiger partial charge is 0.294 e. The van der Waals surface area contributed by atoms with E-state index in [0.717, 1.165) is 5.69 Å². The van der Waals surface area contributed by atoms with Crippen LogP contribution >= 0.6 is 0 Å². The second kappa shape index (κ2) is 6.85. The highest BCUT2D eigenvalue weighted by Crippen LogP contribution is 2.19. The number of anilines is 3. The van der Waals surface area contributed by atoms with Gasteiger partial charge < -0.3 is 15.2 Å². The third kappa shape index (κ3) is 3.41. The average molecular weight is 347 g/mol. The van der Waals surface area contributed by atoms with Crippen molar-refractivity contribution in [2.75, 3.05) is 10.6 Å². The van der Waals surface area contributed by atoms with Gasteiger partial charge in [-0.15, -0.1) is 0 Å². The zero-order valence-corrected chi connectivity index (χ0v) is 13.4. The molecule has 3 aromatic heterocycles. The van der Waals surface area contributed by atoms with Crippen LogP contribution in [0.3, 0.4) is 0 Å². The summed E-state index contributed by atoms with van der Waals surface area (Å²) in [6.07, 6.45) is 6.37. The Bertz CT molecular complexity index is 996. The third-order valence-corrected chi connectivity index (χ3v) is 3.47. The predicted molar refractivity (Wildman–Crippen MR) is 93.3 cm³/mol. The summed E-state index contributed by atoms with van der Waals surface area (Å²) in [6.45, 7) is 0. The maximum atomic E-state index is 11.9. The summed E-state index contributed by atoms with van der Waals surface area (Å²) in [5.74, 6) is 1.08. The SMILES string of the molecule is O=C(Nc1ccc(Nc2cc(-n3cccn3)ncn2)cc1)c1ccno1. The molecule has 1 aromatic carbocycles. The van der Waals surface area contributed by atoms with Gasteiger partial charge in [-0.05, 0) is 30.3 Å². The molecular formula is C17H13N7O2. The van der Waals surface area contributed by atoms with E-state index < -0.39 is 0 Å². The van der Waals surface area contributed by atoms with Gasteiger partial charge in [0.15, 0.2) is 5.82 Å². The van der Waals surface area contributed by atoms with E-state index in [1.165, 1.54) is 18.6 Å². The van der Waals surface area contributed by atoms with Crippen molar-refractivity contribution in [3.63, 3.8) is 0 Å². The Kier molecular flexibility index (Phi) is 4.09. The Morgan fingerprint density at radius 2 is 1.88 bits per heavy atom. The number of amides is 1. The van der Waals surface area contributed by atoms with Crippen molar-refractivity contribution in [2.24, 2.45) is 0 Å². The van der Waals surface area contributed by atoms with Crippen molar-refractivity contribution in [3.8, 4) is 5.82 Å². The largest absolute Gasteiger partial charge is 0.351 e. The van der Waals surface area contributed by atoms with Crippen LogP contribution in [0.4, 0.5) is 17.2 Å².